The molecule has 1 aliphatic rings. The molecule has 1 saturated heterocycles. The van der Waals surface area contributed by atoms with Crippen LogP contribution in [0.4, 0.5) is 0 Å². The van der Waals surface area contributed by atoms with Crippen LogP contribution in [0.5, 0.6) is 0 Å². The molecular weight excluding hydrogens is 413 g/mol. The normalized spacial score (nSPS) is 18.0. The number of hydrogen-bond donors (Lipinski definition) is 1. The lowest BCUT2D eigenvalue weighted by Gasteiger charge is -2.34. The summed E-state index contributed by atoms with van der Waals surface area (Å²) in [6, 6.07) is 0. The number of methoxy groups -OCH3 is 1. The summed E-state index contributed by atoms with van der Waals surface area (Å²) in [5.41, 5.74) is 0. The first-order chi connectivity index (χ1) is 10.6. The number of nitrogens with one attached hydrogen (secondary N) is 1. The van der Waals surface area contributed by atoms with Gasteiger partial charge in [-0.3, -0.25) is 14.6 Å². The lowest BCUT2D eigenvalue weighted by Crippen LogP contribution is -2.48. The Labute approximate surface area is 155 Å². The highest BCUT2D eigenvalue weighted by Gasteiger charge is 2.28. The zero-order valence-corrected chi connectivity index (χ0v) is 16.5. The summed E-state index contributed by atoms with van der Waals surface area (Å²) in [5.74, 6) is 0.207. The number of hydrogen-bond acceptors (Lipinski definition) is 5. The Morgan fingerprint density at radius 1 is 1.35 bits per heavy atom. The molecule has 134 valence electrons. The number of carbonyl (C=O) groups is 2. The Balaban J connectivity index is 0.00000484. The number of carbonyl (C=O) groups excluding carboxylic acids is 2. The minimum atomic E-state index is -0.275. The number of rotatable bonds is 6. The van der Waals surface area contributed by atoms with Gasteiger partial charge in [0.1, 0.15) is 0 Å². The van der Waals surface area contributed by atoms with Gasteiger partial charge >= 0.3 is 11.9 Å². The molecular formula is C15H28IN3O4. The fourth-order valence-corrected chi connectivity index (χ4v) is 2.40. The molecule has 1 aliphatic heterocycles. The number of esters is 2. The molecule has 1 unspecified atom stereocenters. The third kappa shape index (κ3) is 7.85. The molecule has 0 radical (unpaired) electrons. The fourth-order valence-electron chi connectivity index (χ4n) is 2.40. The van der Waals surface area contributed by atoms with Gasteiger partial charge in [-0.25, -0.2) is 0 Å². The maximum atomic E-state index is 11.9. The highest BCUT2D eigenvalue weighted by Crippen LogP contribution is 2.18. The van der Waals surface area contributed by atoms with Gasteiger partial charge < -0.3 is 19.7 Å². The Kier molecular flexibility index (Phi) is 11.8. The molecule has 1 atom stereocenters. The maximum absolute atomic E-state index is 11.9. The van der Waals surface area contributed by atoms with Crippen LogP contribution in [0.2, 0.25) is 0 Å². The van der Waals surface area contributed by atoms with E-state index in [1.165, 1.54) is 7.11 Å². The predicted molar refractivity (Wildman–Crippen MR) is 99.0 cm³/mol. The molecule has 1 N–H and O–H groups in total. The van der Waals surface area contributed by atoms with Crippen molar-refractivity contribution in [3.05, 3.63) is 0 Å². The van der Waals surface area contributed by atoms with E-state index in [0.717, 1.165) is 31.9 Å². The van der Waals surface area contributed by atoms with Crippen molar-refractivity contribution in [3.8, 4) is 0 Å². The molecule has 7 nitrogen and oxygen atoms in total. The minimum Gasteiger partial charge on any atom is -0.469 e. The van der Waals surface area contributed by atoms with Gasteiger partial charge in [0.25, 0.3) is 0 Å². The number of ether oxygens (including phenoxy) is 2. The average molecular weight is 441 g/mol. The van der Waals surface area contributed by atoms with E-state index in [1.807, 2.05) is 13.8 Å². The third-order valence-electron chi connectivity index (χ3n) is 3.48. The van der Waals surface area contributed by atoms with Gasteiger partial charge in [-0.1, -0.05) is 0 Å². The zero-order valence-electron chi connectivity index (χ0n) is 14.2. The Bertz CT molecular complexity index is 404. The van der Waals surface area contributed by atoms with Crippen molar-refractivity contribution in [2.45, 2.75) is 33.1 Å². The van der Waals surface area contributed by atoms with Gasteiger partial charge in [-0.2, -0.15) is 0 Å². The first kappa shape index (κ1) is 21.9. The summed E-state index contributed by atoms with van der Waals surface area (Å²) < 4.78 is 9.72. The summed E-state index contributed by atoms with van der Waals surface area (Å²) in [5, 5.41) is 3.21. The van der Waals surface area contributed by atoms with Gasteiger partial charge in [-0.05, 0) is 26.7 Å². The van der Waals surface area contributed by atoms with Crippen molar-refractivity contribution in [2.24, 2.45) is 10.9 Å². The van der Waals surface area contributed by atoms with Crippen molar-refractivity contribution >= 4 is 41.9 Å². The van der Waals surface area contributed by atoms with Crippen molar-refractivity contribution in [2.75, 3.05) is 39.9 Å². The second-order valence-electron chi connectivity index (χ2n) is 5.10. The van der Waals surface area contributed by atoms with Crippen LogP contribution in [-0.2, 0) is 19.1 Å². The SMILES string of the molecule is CCNC(=NCCC(=O)OC)N1CCCC(C(=O)OCC)C1.I. The van der Waals surface area contributed by atoms with Gasteiger partial charge in [0.2, 0.25) is 0 Å². The summed E-state index contributed by atoms with van der Waals surface area (Å²) in [6.45, 7) is 6.76. The van der Waals surface area contributed by atoms with Crippen molar-refractivity contribution in [1.29, 1.82) is 0 Å². The molecule has 0 aromatic heterocycles. The second kappa shape index (κ2) is 12.4. The van der Waals surface area contributed by atoms with Crippen LogP contribution in [0.25, 0.3) is 0 Å². The first-order valence-electron chi connectivity index (χ1n) is 7.89. The van der Waals surface area contributed by atoms with Gasteiger partial charge in [0, 0.05) is 19.6 Å². The highest BCUT2D eigenvalue weighted by molar-refractivity contribution is 14.0. The van der Waals surface area contributed by atoms with Crippen LogP contribution >= 0.6 is 24.0 Å². The Hall–Kier alpha value is -1.06. The second-order valence-corrected chi connectivity index (χ2v) is 5.10. The maximum Gasteiger partial charge on any atom is 0.310 e. The third-order valence-corrected chi connectivity index (χ3v) is 3.48. The van der Waals surface area contributed by atoms with Crippen molar-refractivity contribution < 1.29 is 19.1 Å². The van der Waals surface area contributed by atoms with E-state index in [9.17, 15) is 9.59 Å². The molecule has 0 aliphatic carbocycles. The predicted octanol–water partition coefficient (Wildman–Crippen LogP) is 1.41. The number of piperidine rings is 1. The number of halogens is 1. The molecule has 0 bridgehead atoms. The monoisotopic (exact) mass is 441 g/mol. The van der Waals surface area contributed by atoms with Crippen LogP contribution in [0.15, 0.2) is 4.99 Å². The topological polar surface area (TPSA) is 80.2 Å². The number of likely N-dealkylation sites (tertiary alicyclic amines) is 1. The molecule has 0 amide bonds. The zero-order chi connectivity index (χ0) is 16.4. The van der Waals surface area contributed by atoms with E-state index < -0.39 is 0 Å². The van der Waals surface area contributed by atoms with Crippen LogP contribution in [0.1, 0.15) is 33.1 Å². The molecule has 8 heteroatoms. The van der Waals surface area contributed by atoms with Crippen LogP contribution in [0, 0.1) is 5.92 Å². The molecule has 1 heterocycles. The number of guanidine groups is 1. The van der Waals surface area contributed by atoms with Crippen LogP contribution in [-0.4, -0.2) is 62.7 Å². The molecule has 0 aromatic rings. The molecule has 0 aromatic carbocycles. The summed E-state index contributed by atoms with van der Waals surface area (Å²) >= 11 is 0. The number of nitrogens with zero attached hydrogens (tertiary/aromatic N) is 2. The quantitative estimate of drug-likeness (QED) is 0.291. The lowest BCUT2D eigenvalue weighted by molar-refractivity contribution is -0.149. The average Bonchev–Trinajstić information content (AvgIpc) is 2.54. The van der Waals surface area contributed by atoms with E-state index in [1.54, 1.807) is 0 Å². The smallest absolute Gasteiger partial charge is 0.310 e. The van der Waals surface area contributed by atoms with Crippen molar-refractivity contribution in [1.82, 2.24) is 10.2 Å². The molecule has 1 fully saturated rings. The fraction of sp³-hybridized carbons (Fsp3) is 0.800. The minimum absolute atomic E-state index is 0. The molecule has 1 rings (SSSR count). The van der Waals surface area contributed by atoms with Gasteiger partial charge in [-0.15, -0.1) is 24.0 Å². The van der Waals surface area contributed by atoms with E-state index >= 15 is 0 Å². The standard InChI is InChI=1S/C15H27N3O4.HI/c1-4-16-15(17-9-8-13(19)21-3)18-10-6-7-12(11-18)14(20)22-5-2;/h12H,4-11H2,1-3H3,(H,16,17);1H. The molecule has 0 saturated carbocycles. The van der Waals surface area contributed by atoms with Crippen LogP contribution in [0.3, 0.4) is 0 Å². The van der Waals surface area contributed by atoms with Crippen molar-refractivity contribution in [3.63, 3.8) is 0 Å². The van der Waals surface area contributed by atoms with E-state index in [-0.39, 0.29) is 48.3 Å². The Morgan fingerprint density at radius 2 is 2.09 bits per heavy atom. The highest BCUT2D eigenvalue weighted by atomic mass is 127. The lowest BCUT2D eigenvalue weighted by atomic mass is 9.98. The summed E-state index contributed by atoms with van der Waals surface area (Å²) in [6.07, 6.45) is 2.02. The van der Waals surface area contributed by atoms with E-state index in [4.69, 9.17) is 4.74 Å². The molecule has 23 heavy (non-hydrogen) atoms. The van der Waals surface area contributed by atoms with Gasteiger partial charge in [0.05, 0.1) is 32.6 Å². The van der Waals surface area contributed by atoms with E-state index in [2.05, 4.69) is 19.9 Å². The van der Waals surface area contributed by atoms with E-state index in [0.29, 0.717) is 19.7 Å². The van der Waals surface area contributed by atoms with Gasteiger partial charge in [0.15, 0.2) is 5.96 Å². The largest absolute Gasteiger partial charge is 0.469 e. The van der Waals surface area contributed by atoms with Crippen LogP contribution < -0.4 is 5.32 Å². The summed E-state index contributed by atoms with van der Waals surface area (Å²) in [4.78, 5) is 29.6. The molecule has 0 spiro atoms. The summed E-state index contributed by atoms with van der Waals surface area (Å²) in [7, 11) is 1.37. The number of aliphatic imine (C=N–C) groups is 1. The first-order valence-corrected chi connectivity index (χ1v) is 7.89. The Morgan fingerprint density at radius 3 is 2.70 bits per heavy atom.